The number of aliphatic hydroxyl groups excluding tert-OH is 4. The molecule has 4 N–H and O–H groups in total. The normalized spacial score (nSPS) is 22.8. The number of hydrogen-bond donors (Lipinski definition) is 4. The highest BCUT2D eigenvalue weighted by atomic mass is 16.7. The fourth-order valence-corrected chi connectivity index (χ4v) is 3.55. The Bertz CT molecular complexity index is 1200. The quantitative estimate of drug-likeness (QED) is 0.280. The van der Waals surface area contributed by atoms with Crippen LogP contribution in [0, 0.1) is 23.7 Å². The van der Waals surface area contributed by atoms with Crippen molar-refractivity contribution in [2.75, 3.05) is 19.8 Å². The van der Waals surface area contributed by atoms with Crippen LogP contribution in [0.1, 0.15) is 22.3 Å². The van der Waals surface area contributed by atoms with Gasteiger partial charge in [-0.05, 0) is 36.4 Å². The summed E-state index contributed by atoms with van der Waals surface area (Å²) in [4.78, 5) is 7.99. The predicted octanol–water partition coefficient (Wildman–Crippen LogP) is 0.472. The highest BCUT2D eigenvalue weighted by molar-refractivity contribution is 5.59. The van der Waals surface area contributed by atoms with Crippen LogP contribution >= 0.6 is 0 Å². The highest BCUT2D eigenvalue weighted by Crippen LogP contribution is 2.24. The number of pyridine rings is 2. The Balaban J connectivity index is 1.51. The van der Waals surface area contributed by atoms with E-state index in [4.69, 9.17) is 14.2 Å². The van der Waals surface area contributed by atoms with E-state index in [1.165, 1.54) is 0 Å². The molecule has 0 radical (unpaired) electrons. The second kappa shape index (κ2) is 12.9. The number of hydrogen-bond acceptors (Lipinski definition) is 9. The summed E-state index contributed by atoms with van der Waals surface area (Å²) in [5.41, 5.74) is 2.82. The van der Waals surface area contributed by atoms with Gasteiger partial charge in [0.25, 0.3) is 0 Å². The van der Waals surface area contributed by atoms with Crippen LogP contribution in [0.2, 0.25) is 0 Å². The van der Waals surface area contributed by atoms with Gasteiger partial charge in [0.1, 0.15) is 31.0 Å². The predicted molar refractivity (Wildman–Crippen MR) is 132 cm³/mol. The van der Waals surface area contributed by atoms with Gasteiger partial charge < -0.3 is 34.6 Å². The molecular weight excluding hydrogens is 476 g/mol. The molecule has 0 amide bonds. The van der Waals surface area contributed by atoms with Gasteiger partial charge >= 0.3 is 0 Å². The first-order chi connectivity index (χ1) is 18.1. The first-order valence-corrected chi connectivity index (χ1v) is 11.6. The molecule has 0 saturated carbocycles. The standard InChI is InChI=1S/C28H26N2O7/c31-18-23-24(32)25(33)26(34)28(37-23)36-17-16-35-27-21(6-4-19-8-12-29-13-9-19)2-1-3-22(27)7-5-20-10-14-30-15-11-20/h1-3,8-15,23-26,28,31-34H,16-18H2/t23?,24-,25?,26?,28-/m1/s1. The second-order valence-electron chi connectivity index (χ2n) is 8.07. The molecule has 1 aromatic carbocycles. The van der Waals surface area contributed by atoms with Crippen LogP contribution in [0.3, 0.4) is 0 Å². The lowest BCUT2D eigenvalue weighted by atomic mass is 9.99. The maximum absolute atomic E-state index is 10.2. The lowest BCUT2D eigenvalue weighted by Crippen LogP contribution is -2.59. The minimum Gasteiger partial charge on any atom is -0.489 e. The van der Waals surface area contributed by atoms with Crippen LogP contribution in [0.15, 0.2) is 67.3 Å². The van der Waals surface area contributed by atoms with Crippen molar-refractivity contribution in [3.8, 4) is 29.4 Å². The summed E-state index contributed by atoms with van der Waals surface area (Å²) >= 11 is 0. The lowest BCUT2D eigenvalue weighted by molar-refractivity contribution is -0.301. The molecule has 0 bridgehead atoms. The van der Waals surface area contributed by atoms with E-state index in [-0.39, 0.29) is 13.2 Å². The van der Waals surface area contributed by atoms with Crippen molar-refractivity contribution in [2.45, 2.75) is 30.7 Å². The summed E-state index contributed by atoms with van der Waals surface area (Å²) in [6.07, 6.45) is -0.112. The molecule has 3 heterocycles. The first kappa shape index (κ1) is 26.3. The van der Waals surface area contributed by atoms with Crippen LogP contribution in [0.25, 0.3) is 0 Å². The molecule has 4 rings (SSSR count). The van der Waals surface area contributed by atoms with E-state index in [2.05, 4.69) is 33.6 Å². The molecule has 37 heavy (non-hydrogen) atoms. The Morgan fingerprint density at radius 3 is 1.84 bits per heavy atom. The minimum atomic E-state index is -1.52. The Labute approximate surface area is 214 Å². The SMILES string of the molecule is OCC1O[C@@H](OCCOc2c(C#Cc3ccncc3)cccc2C#Cc2ccncc2)C(O)C(O)[C@@H]1O. The molecule has 1 aliphatic rings. The van der Waals surface area contributed by atoms with Crippen LogP contribution in [-0.4, -0.2) is 80.9 Å². The largest absolute Gasteiger partial charge is 0.489 e. The van der Waals surface area contributed by atoms with Gasteiger partial charge in [0.15, 0.2) is 12.0 Å². The maximum Gasteiger partial charge on any atom is 0.186 e. The maximum atomic E-state index is 10.2. The molecule has 3 aromatic rings. The highest BCUT2D eigenvalue weighted by Gasteiger charge is 2.43. The topological polar surface area (TPSA) is 134 Å². The average Bonchev–Trinajstić information content (AvgIpc) is 2.94. The van der Waals surface area contributed by atoms with Crippen molar-refractivity contribution in [1.29, 1.82) is 0 Å². The van der Waals surface area contributed by atoms with Crippen molar-refractivity contribution in [3.05, 3.63) is 89.5 Å². The van der Waals surface area contributed by atoms with E-state index >= 15 is 0 Å². The number of nitrogens with zero attached hydrogens (tertiary/aromatic N) is 2. The number of aromatic nitrogens is 2. The van der Waals surface area contributed by atoms with Gasteiger partial charge in [0.2, 0.25) is 0 Å². The van der Waals surface area contributed by atoms with Crippen LogP contribution in [-0.2, 0) is 9.47 Å². The zero-order valence-electron chi connectivity index (χ0n) is 19.8. The van der Waals surface area contributed by atoms with Crippen LogP contribution in [0.5, 0.6) is 5.75 Å². The first-order valence-electron chi connectivity index (χ1n) is 11.6. The van der Waals surface area contributed by atoms with Gasteiger partial charge in [-0.15, -0.1) is 0 Å². The number of benzene rings is 1. The molecule has 1 aliphatic heterocycles. The zero-order valence-corrected chi connectivity index (χ0v) is 19.8. The number of para-hydroxylation sites is 1. The van der Waals surface area contributed by atoms with Crippen molar-refractivity contribution in [1.82, 2.24) is 9.97 Å². The molecule has 0 aliphatic carbocycles. The van der Waals surface area contributed by atoms with Gasteiger partial charge in [0, 0.05) is 35.9 Å². The van der Waals surface area contributed by atoms with Crippen molar-refractivity contribution < 1.29 is 34.6 Å². The van der Waals surface area contributed by atoms with Gasteiger partial charge in [0.05, 0.1) is 24.3 Å². The van der Waals surface area contributed by atoms with E-state index in [0.717, 1.165) is 11.1 Å². The molecule has 0 spiro atoms. The molecule has 9 heteroatoms. The fraction of sp³-hybridized carbons (Fsp3) is 0.286. The summed E-state index contributed by atoms with van der Waals surface area (Å²) < 4.78 is 16.9. The summed E-state index contributed by atoms with van der Waals surface area (Å²) in [6, 6.07) is 12.7. The number of aliphatic hydroxyl groups is 4. The van der Waals surface area contributed by atoms with E-state index in [1.807, 2.05) is 18.2 Å². The molecule has 5 atom stereocenters. The number of rotatable bonds is 6. The molecule has 2 aromatic heterocycles. The lowest BCUT2D eigenvalue weighted by Gasteiger charge is -2.39. The van der Waals surface area contributed by atoms with Gasteiger partial charge in [-0.1, -0.05) is 29.7 Å². The summed E-state index contributed by atoms with van der Waals surface area (Å²) in [6.45, 7) is -0.511. The molecular formula is C28H26N2O7. The van der Waals surface area contributed by atoms with Crippen LogP contribution in [0.4, 0.5) is 0 Å². The third-order valence-corrected chi connectivity index (χ3v) is 5.52. The Morgan fingerprint density at radius 2 is 1.30 bits per heavy atom. The van der Waals surface area contributed by atoms with Crippen LogP contribution < -0.4 is 4.74 Å². The monoisotopic (exact) mass is 502 g/mol. The molecule has 1 fully saturated rings. The third-order valence-electron chi connectivity index (χ3n) is 5.52. The van der Waals surface area contributed by atoms with E-state index in [9.17, 15) is 20.4 Å². The van der Waals surface area contributed by atoms with Crippen molar-refractivity contribution in [2.24, 2.45) is 0 Å². The van der Waals surface area contributed by atoms with Crippen molar-refractivity contribution >= 4 is 0 Å². The van der Waals surface area contributed by atoms with Gasteiger partial charge in [-0.3, -0.25) is 9.97 Å². The van der Waals surface area contributed by atoms with E-state index in [0.29, 0.717) is 16.9 Å². The summed E-state index contributed by atoms with van der Waals surface area (Å²) in [5.74, 6) is 12.9. The van der Waals surface area contributed by atoms with E-state index < -0.39 is 37.3 Å². The number of ether oxygens (including phenoxy) is 3. The Hall–Kier alpha value is -3.80. The van der Waals surface area contributed by atoms with Gasteiger partial charge in [-0.25, -0.2) is 0 Å². The van der Waals surface area contributed by atoms with Gasteiger partial charge in [-0.2, -0.15) is 0 Å². The van der Waals surface area contributed by atoms with E-state index in [1.54, 1.807) is 49.1 Å². The fourth-order valence-electron chi connectivity index (χ4n) is 3.55. The molecule has 3 unspecified atom stereocenters. The average molecular weight is 503 g/mol. The molecule has 9 nitrogen and oxygen atoms in total. The minimum absolute atomic E-state index is 0.0218. The third kappa shape index (κ3) is 6.91. The molecule has 1 saturated heterocycles. The Morgan fingerprint density at radius 1 is 0.730 bits per heavy atom. The molecule has 190 valence electrons. The summed E-state index contributed by atoms with van der Waals surface area (Å²) in [5, 5.41) is 39.3. The smallest absolute Gasteiger partial charge is 0.186 e. The Kier molecular flexibility index (Phi) is 9.19. The van der Waals surface area contributed by atoms with Crippen molar-refractivity contribution in [3.63, 3.8) is 0 Å². The summed E-state index contributed by atoms with van der Waals surface area (Å²) in [7, 11) is 0. The zero-order chi connectivity index (χ0) is 26.0. The second-order valence-corrected chi connectivity index (χ2v) is 8.07.